The largest absolute Gasteiger partial charge is 0.361 e. The van der Waals surface area contributed by atoms with Crippen LogP contribution in [-0.2, 0) is 0 Å². The van der Waals surface area contributed by atoms with Crippen LogP contribution in [0.25, 0.3) is 32.9 Å². The summed E-state index contributed by atoms with van der Waals surface area (Å²) in [5.74, 6) is 0. The van der Waals surface area contributed by atoms with Crippen molar-refractivity contribution in [3.8, 4) is 11.1 Å². The number of para-hydroxylation sites is 1. The topological polar surface area (TPSA) is 44.5 Å². The predicted octanol–water partition coefficient (Wildman–Crippen LogP) is 3.71. The van der Waals surface area contributed by atoms with Crippen molar-refractivity contribution in [2.45, 2.75) is 0 Å². The van der Waals surface area contributed by atoms with Crippen LogP contribution in [0.1, 0.15) is 0 Å². The van der Waals surface area contributed by atoms with Crippen LogP contribution in [0.2, 0.25) is 0 Å². The fourth-order valence-electron chi connectivity index (χ4n) is 2.41. The van der Waals surface area contributed by atoms with Gasteiger partial charge in [0.1, 0.15) is 0 Å². The second-order valence-electron chi connectivity index (χ2n) is 4.42. The molecule has 2 aromatic carbocycles. The van der Waals surface area contributed by atoms with Gasteiger partial charge in [-0.2, -0.15) is 5.10 Å². The zero-order chi connectivity index (χ0) is 11.9. The van der Waals surface area contributed by atoms with E-state index in [1.807, 2.05) is 12.3 Å². The van der Waals surface area contributed by atoms with Gasteiger partial charge in [0, 0.05) is 28.0 Å². The molecule has 0 fully saturated rings. The summed E-state index contributed by atoms with van der Waals surface area (Å²) in [5.41, 5.74) is 4.65. The monoisotopic (exact) mass is 233 g/mol. The summed E-state index contributed by atoms with van der Waals surface area (Å²) in [6, 6.07) is 14.7. The fraction of sp³-hybridized carbons (Fsp3) is 0. The molecule has 4 rings (SSSR count). The lowest BCUT2D eigenvalue weighted by atomic mass is 10.0. The normalized spacial score (nSPS) is 11.3. The zero-order valence-corrected chi connectivity index (χ0v) is 9.64. The van der Waals surface area contributed by atoms with Crippen LogP contribution in [0.4, 0.5) is 0 Å². The lowest BCUT2D eigenvalue weighted by Gasteiger charge is -1.99. The maximum Gasteiger partial charge on any atom is 0.0656 e. The summed E-state index contributed by atoms with van der Waals surface area (Å²) in [6.45, 7) is 0. The van der Waals surface area contributed by atoms with Crippen molar-refractivity contribution in [2.24, 2.45) is 0 Å². The van der Waals surface area contributed by atoms with Crippen molar-refractivity contribution in [3.63, 3.8) is 0 Å². The standard InChI is InChI=1S/C15H11N3/c1-2-4-14-12(3-1)13(9-16-14)10-5-6-11-8-17-18-15(11)7-10/h1-9,16H,(H,17,18). The van der Waals surface area contributed by atoms with Crippen molar-refractivity contribution in [3.05, 3.63) is 54.9 Å². The van der Waals surface area contributed by atoms with E-state index in [1.54, 1.807) is 0 Å². The molecule has 0 spiro atoms. The van der Waals surface area contributed by atoms with Crippen LogP contribution in [0.15, 0.2) is 54.9 Å². The average molecular weight is 233 g/mol. The number of nitrogens with zero attached hydrogens (tertiary/aromatic N) is 1. The minimum Gasteiger partial charge on any atom is -0.361 e. The number of hydrogen-bond donors (Lipinski definition) is 2. The molecule has 18 heavy (non-hydrogen) atoms. The molecule has 0 amide bonds. The first-order valence-corrected chi connectivity index (χ1v) is 5.91. The molecule has 86 valence electrons. The maximum atomic E-state index is 4.05. The molecule has 2 N–H and O–H groups in total. The van der Waals surface area contributed by atoms with Gasteiger partial charge in [0.15, 0.2) is 0 Å². The third-order valence-corrected chi connectivity index (χ3v) is 3.34. The summed E-state index contributed by atoms with van der Waals surface area (Å²) in [7, 11) is 0. The number of aromatic amines is 2. The SMILES string of the molecule is c1ccc2c(-c3ccc4cn[nH]c4c3)c[nH]c2c1. The van der Waals surface area contributed by atoms with E-state index in [1.165, 1.54) is 16.5 Å². The van der Waals surface area contributed by atoms with Gasteiger partial charge in [-0.25, -0.2) is 0 Å². The van der Waals surface area contributed by atoms with Gasteiger partial charge in [-0.1, -0.05) is 30.3 Å². The predicted molar refractivity (Wildman–Crippen MR) is 73.4 cm³/mol. The Morgan fingerprint density at radius 3 is 2.89 bits per heavy atom. The Labute approximate surface area is 103 Å². The highest BCUT2D eigenvalue weighted by Crippen LogP contribution is 2.29. The fourth-order valence-corrected chi connectivity index (χ4v) is 2.41. The summed E-state index contributed by atoms with van der Waals surface area (Å²) in [6.07, 6.45) is 3.90. The van der Waals surface area contributed by atoms with Gasteiger partial charge in [-0.05, 0) is 17.7 Å². The Kier molecular flexibility index (Phi) is 1.83. The molecular formula is C15H11N3. The molecule has 0 saturated carbocycles. The Hall–Kier alpha value is -2.55. The Balaban J connectivity index is 2.00. The minimum absolute atomic E-state index is 1.07. The maximum absolute atomic E-state index is 4.05. The molecule has 2 heterocycles. The van der Waals surface area contributed by atoms with E-state index in [0.29, 0.717) is 0 Å². The summed E-state index contributed by atoms with van der Waals surface area (Å²) in [4.78, 5) is 3.30. The smallest absolute Gasteiger partial charge is 0.0656 e. The highest BCUT2D eigenvalue weighted by molar-refractivity contribution is 5.97. The van der Waals surface area contributed by atoms with Crippen molar-refractivity contribution >= 4 is 21.8 Å². The number of rotatable bonds is 1. The first-order chi connectivity index (χ1) is 8.92. The van der Waals surface area contributed by atoms with Crippen LogP contribution >= 0.6 is 0 Å². The van der Waals surface area contributed by atoms with Gasteiger partial charge in [-0.15, -0.1) is 0 Å². The molecule has 0 aliphatic rings. The van der Waals surface area contributed by atoms with Gasteiger partial charge in [0.25, 0.3) is 0 Å². The molecule has 3 nitrogen and oxygen atoms in total. The van der Waals surface area contributed by atoms with Gasteiger partial charge in [0.05, 0.1) is 11.7 Å². The first kappa shape index (κ1) is 9.48. The van der Waals surface area contributed by atoms with E-state index >= 15 is 0 Å². The number of aromatic nitrogens is 3. The van der Waals surface area contributed by atoms with Crippen molar-refractivity contribution in [1.29, 1.82) is 0 Å². The van der Waals surface area contributed by atoms with E-state index in [0.717, 1.165) is 16.4 Å². The molecule has 0 aliphatic carbocycles. The number of nitrogens with one attached hydrogen (secondary N) is 2. The van der Waals surface area contributed by atoms with Gasteiger partial charge >= 0.3 is 0 Å². The molecule has 4 aromatic rings. The van der Waals surface area contributed by atoms with Crippen molar-refractivity contribution in [1.82, 2.24) is 15.2 Å². The van der Waals surface area contributed by atoms with E-state index in [4.69, 9.17) is 0 Å². The molecule has 2 aromatic heterocycles. The van der Waals surface area contributed by atoms with Crippen molar-refractivity contribution in [2.75, 3.05) is 0 Å². The summed E-state index contributed by atoms with van der Waals surface area (Å²) < 4.78 is 0. The van der Waals surface area contributed by atoms with Crippen LogP contribution in [0, 0.1) is 0 Å². The zero-order valence-electron chi connectivity index (χ0n) is 9.64. The molecule has 3 heteroatoms. The molecular weight excluding hydrogens is 222 g/mol. The van der Waals surface area contributed by atoms with Crippen LogP contribution in [0.5, 0.6) is 0 Å². The summed E-state index contributed by atoms with van der Waals surface area (Å²) >= 11 is 0. The number of benzene rings is 2. The van der Waals surface area contributed by atoms with Gasteiger partial charge < -0.3 is 4.98 Å². The molecule has 0 unspecified atom stereocenters. The first-order valence-electron chi connectivity index (χ1n) is 5.91. The Bertz CT molecular complexity index is 839. The van der Waals surface area contributed by atoms with Gasteiger partial charge in [0.2, 0.25) is 0 Å². The third-order valence-electron chi connectivity index (χ3n) is 3.34. The van der Waals surface area contributed by atoms with Gasteiger partial charge in [-0.3, -0.25) is 5.10 Å². The lowest BCUT2D eigenvalue weighted by molar-refractivity contribution is 1.12. The van der Waals surface area contributed by atoms with Crippen LogP contribution < -0.4 is 0 Å². The van der Waals surface area contributed by atoms with Crippen LogP contribution in [-0.4, -0.2) is 15.2 Å². The third kappa shape index (κ3) is 1.27. The van der Waals surface area contributed by atoms with E-state index in [2.05, 4.69) is 57.8 Å². The van der Waals surface area contributed by atoms with E-state index in [9.17, 15) is 0 Å². The molecule has 0 atom stereocenters. The van der Waals surface area contributed by atoms with E-state index in [-0.39, 0.29) is 0 Å². The van der Waals surface area contributed by atoms with E-state index < -0.39 is 0 Å². The Morgan fingerprint density at radius 2 is 1.89 bits per heavy atom. The molecule has 0 radical (unpaired) electrons. The quantitative estimate of drug-likeness (QED) is 0.517. The molecule has 0 aliphatic heterocycles. The summed E-state index contributed by atoms with van der Waals surface area (Å²) in [5, 5.41) is 9.45. The molecule has 0 bridgehead atoms. The Morgan fingerprint density at radius 1 is 0.944 bits per heavy atom. The highest BCUT2D eigenvalue weighted by Gasteiger charge is 2.06. The van der Waals surface area contributed by atoms with Crippen LogP contribution in [0.3, 0.4) is 0 Å². The van der Waals surface area contributed by atoms with Crippen molar-refractivity contribution < 1.29 is 0 Å². The average Bonchev–Trinajstić information content (AvgIpc) is 3.04. The molecule has 0 saturated heterocycles. The highest BCUT2D eigenvalue weighted by atomic mass is 15.1. The lowest BCUT2D eigenvalue weighted by Crippen LogP contribution is -1.76. The second kappa shape index (κ2) is 3.47. The number of hydrogen-bond acceptors (Lipinski definition) is 1. The number of H-pyrrole nitrogens is 2. The second-order valence-corrected chi connectivity index (χ2v) is 4.42. The minimum atomic E-state index is 1.07. The number of fused-ring (bicyclic) bond motifs is 2.